The average Bonchev–Trinajstić information content (AvgIpc) is 2.47. The van der Waals surface area contributed by atoms with Gasteiger partial charge in [0.2, 0.25) is 0 Å². The Morgan fingerprint density at radius 1 is 1.43 bits per heavy atom. The van der Waals surface area contributed by atoms with Crippen molar-refractivity contribution in [2.75, 3.05) is 0 Å². The van der Waals surface area contributed by atoms with Crippen molar-refractivity contribution in [3.05, 3.63) is 28.0 Å². The zero-order valence-electron chi connectivity index (χ0n) is 7.84. The Kier molecular flexibility index (Phi) is 2.45. The molecule has 0 spiro atoms. The Bertz CT molecular complexity index is 478. The van der Waals surface area contributed by atoms with Crippen molar-refractivity contribution in [3.63, 3.8) is 0 Å². The maximum Gasteiger partial charge on any atom is 0.144 e. The molecule has 0 unspecified atom stereocenters. The van der Waals surface area contributed by atoms with Crippen LogP contribution < -0.4 is 0 Å². The molecule has 0 aliphatic heterocycles. The Labute approximate surface area is 90.5 Å². The summed E-state index contributed by atoms with van der Waals surface area (Å²) in [5, 5.41) is 1.34. The molecule has 0 aliphatic rings. The third-order valence-electron chi connectivity index (χ3n) is 1.92. The molecule has 74 valence electrons. The lowest BCUT2D eigenvalue weighted by Gasteiger charge is -1.94. The summed E-state index contributed by atoms with van der Waals surface area (Å²) in [6, 6.07) is 3.02. The summed E-state index contributed by atoms with van der Waals surface area (Å²) in [6.45, 7) is 4.08. The maximum absolute atomic E-state index is 13.4. The fraction of sp³-hybridized carbons (Fsp3) is 0.300. The smallest absolute Gasteiger partial charge is 0.144 e. The van der Waals surface area contributed by atoms with Crippen molar-refractivity contribution in [3.8, 4) is 0 Å². The van der Waals surface area contributed by atoms with Crippen LogP contribution in [-0.2, 0) is 0 Å². The quantitative estimate of drug-likeness (QED) is 0.714. The SMILES string of the molecule is CC(C)c1nc2cc(Cl)cc(F)c2s1. The molecule has 0 fully saturated rings. The van der Waals surface area contributed by atoms with Gasteiger partial charge in [-0.1, -0.05) is 25.4 Å². The number of hydrogen-bond acceptors (Lipinski definition) is 2. The predicted molar refractivity (Wildman–Crippen MR) is 58.7 cm³/mol. The Morgan fingerprint density at radius 3 is 2.79 bits per heavy atom. The number of benzene rings is 1. The molecule has 0 radical (unpaired) electrons. The number of fused-ring (bicyclic) bond motifs is 1. The first kappa shape index (κ1) is 9.87. The van der Waals surface area contributed by atoms with Crippen LogP contribution in [0.4, 0.5) is 4.39 Å². The molecule has 0 aliphatic carbocycles. The molecule has 1 heterocycles. The summed E-state index contributed by atoms with van der Waals surface area (Å²) in [5.74, 6) is 0.0440. The van der Waals surface area contributed by atoms with E-state index >= 15 is 0 Å². The molecule has 1 nitrogen and oxygen atoms in total. The minimum absolute atomic E-state index is 0.281. The van der Waals surface area contributed by atoms with Crippen LogP contribution in [0, 0.1) is 5.82 Å². The highest BCUT2D eigenvalue weighted by Crippen LogP contribution is 2.31. The fourth-order valence-corrected chi connectivity index (χ4v) is 2.38. The van der Waals surface area contributed by atoms with Gasteiger partial charge < -0.3 is 0 Å². The summed E-state index contributed by atoms with van der Waals surface area (Å²) >= 11 is 7.13. The Hall–Kier alpha value is -0.670. The van der Waals surface area contributed by atoms with Gasteiger partial charge in [0.1, 0.15) is 5.82 Å². The molecule has 0 saturated carbocycles. The molecule has 2 rings (SSSR count). The first-order valence-corrected chi connectivity index (χ1v) is 5.53. The average molecular weight is 230 g/mol. The second-order valence-corrected chi connectivity index (χ2v) is 4.91. The van der Waals surface area contributed by atoms with Crippen LogP contribution in [0.15, 0.2) is 12.1 Å². The van der Waals surface area contributed by atoms with Crippen molar-refractivity contribution in [2.45, 2.75) is 19.8 Å². The van der Waals surface area contributed by atoms with Gasteiger partial charge >= 0.3 is 0 Å². The van der Waals surface area contributed by atoms with E-state index in [9.17, 15) is 4.39 Å². The largest absolute Gasteiger partial charge is 0.241 e. The number of hydrogen-bond donors (Lipinski definition) is 0. The summed E-state index contributed by atoms with van der Waals surface area (Å²) in [6.07, 6.45) is 0. The number of rotatable bonds is 1. The summed E-state index contributed by atoms with van der Waals surface area (Å²) < 4.78 is 14.0. The number of halogens is 2. The summed E-state index contributed by atoms with van der Waals surface area (Å²) in [5.41, 5.74) is 0.656. The maximum atomic E-state index is 13.4. The van der Waals surface area contributed by atoms with E-state index in [2.05, 4.69) is 4.98 Å². The minimum atomic E-state index is -0.281. The third-order valence-corrected chi connectivity index (χ3v) is 3.52. The van der Waals surface area contributed by atoms with Crippen LogP contribution >= 0.6 is 22.9 Å². The second kappa shape index (κ2) is 3.48. The lowest BCUT2D eigenvalue weighted by Crippen LogP contribution is -1.82. The topological polar surface area (TPSA) is 12.9 Å². The van der Waals surface area contributed by atoms with E-state index in [1.165, 1.54) is 17.4 Å². The molecular formula is C10H9ClFNS. The molecule has 2 aromatic rings. The van der Waals surface area contributed by atoms with E-state index in [1.54, 1.807) is 6.07 Å². The van der Waals surface area contributed by atoms with Crippen molar-refractivity contribution < 1.29 is 4.39 Å². The van der Waals surface area contributed by atoms with Crippen LogP contribution in [-0.4, -0.2) is 4.98 Å². The zero-order chi connectivity index (χ0) is 10.3. The van der Waals surface area contributed by atoms with E-state index in [-0.39, 0.29) is 5.82 Å². The first-order valence-electron chi connectivity index (χ1n) is 4.33. The Morgan fingerprint density at radius 2 is 2.14 bits per heavy atom. The fourth-order valence-electron chi connectivity index (χ4n) is 1.22. The number of thiazole rings is 1. The van der Waals surface area contributed by atoms with Crippen molar-refractivity contribution in [1.29, 1.82) is 0 Å². The molecule has 4 heteroatoms. The van der Waals surface area contributed by atoms with Crippen molar-refractivity contribution >= 4 is 33.2 Å². The third kappa shape index (κ3) is 1.62. The lowest BCUT2D eigenvalue weighted by molar-refractivity contribution is 0.641. The normalized spacial score (nSPS) is 11.5. The van der Waals surface area contributed by atoms with Gasteiger partial charge in [-0.2, -0.15) is 0 Å². The lowest BCUT2D eigenvalue weighted by atomic mass is 10.2. The molecule has 1 aromatic heterocycles. The van der Waals surface area contributed by atoms with Gasteiger partial charge in [0, 0.05) is 10.9 Å². The van der Waals surface area contributed by atoms with Crippen molar-refractivity contribution in [2.24, 2.45) is 0 Å². The van der Waals surface area contributed by atoms with Gasteiger partial charge in [-0.05, 0) is 12.1 Å². The molecule has 0 atom stereocenters. The second-order valence-electron chi connectivity index (χ2n) is 3.44. The van der Waals surface area contributed by atoms with Gasteiger partial charge in [0.25, 0.3) is 0 Å². The van der Waals surface area contributed by atoms with Gasteiger partial charge in [0.05, 0.1) is 15.2 Å². The molecule has 1 aromatic carbocycles. The van der Waals surface area contributed by atoms with Gasteiger partial charge in [-0.25, -0.2) is 9.37 Å². The molecule has 0 amide bonds. The monoisotopic (exact) mass is 229 g/mol. The minimum Gasteiger partial charge on any atom is -0.241 e. The standard InChI is InChI=1S/C10H9ClFNS/c1-5(2)10-13-8-4-6(11)3-7(12)9(8)14-10/h3-5H,1-2H3. The molecule has 0 saturated heterocycles. The zero-order valence-corrected chi connectivity index (χ0v) is 9.42. The molecule has 14 heavy (non-hydrogen) atoms. The van der Waals surface area contributed by atoms with Crippen LogP contribution in [0.1, 0.15) is 24.8 Å². The van der Waals surface area contributed by atoms with E-state index < -0.39 is 0 Å². The summed E-state index contributed by atoms with van der Waals surface area (Å²) in [4.78, 5) is 4.33. The van der Waals surface area contributed by atoms with Crippen LogP contribution in [0.25, 0.3) is 10.2 Å². The van der Waals surface area contributed by atoms with Gasteiger partial charge in [0.15, 0.2) is 0 Å². The van der Waals surface area contributed by atoms with E-state index in [4.69, 9.17) is 11.6 Å². The van der Waals surface area contributed by atoms with E-state index in [0.29, 0.717) is 21.2 Å². The molecular weight excluding hydrogens is 221 g/mol. The highest BCUT2D eigenvalue weighted by atomic mass is 35.5. The number of aromatic nitrogens is 1. The number of nitrogens with zero attached hydrogens (tertiary/aromatic N) is 1. The van der Waals surface area contributed by atoms with Crippen LogP contribution in [0.5, 0.6) is 0 Å². The predicted octanol–water partition coefficient (Wildman–Crippen LogP) is 4.21. The highest BCUT2D eigenvalue weighted by Gasteiger charge is 2.11. The van der Waals surface area contributed by atoms with E-state index in [1.807, 2.05) is 13.8 Å². The highest BCUT2D eigenvalue weighted by molar-refractivity contribution is 7.18. The van der Waals surface area contributed by atoms with E-state index in [0.717, 1.165) is 5.01 Å². The molecule has 0 N–H and O–H groups in total. The molecule has 0 bridgehead atoms. The van der Waals surface area contributed by atoms with Gasteiger partial charge in [-0.3, -0.25) is 0 Å². The first-order chi connectivity index (χ1) is 6.58. The van der Waals surface area contributed by atoms with Crippen LogP contribution in [0.2, 0.25) is 5.02 Å². The van der Waals surface area contributed by atoms with Crippen LogP contribution in [0.3, 0.4) is 0 Å². The summed E-state index contributed by atoms with van der Waals surface area (Å²) in [7, 11) is 0. The van der Waals surface area contributed by atoms with Gasteiger partial charge in [-0.15, -0.1) is 11.3 Å². The Balaban J connectivity index is 2.70. The van der Waals surface area contributed by atoms with Crippen molar-refractivity contribution in [1.82, 2.24) is 4.98 Å².